The largest absolute Gasteiger partial charge is 0.454 e. The van der Waals surface area contributed by atoms with E-state index in [2.05, 4.69) is 4.90 Å². The zero-order chi connectivity index (χ0) is 18.8. The van der Waals surface area contributed by atoms with Gasteiger partial charge in [0.25, 0.3) is 0 Å². The molecule has 0 saturated heterocycles. The first-order chi connectivity index (χ1) is 13.1. The number of fused-ring (bicyclic) bond motifs is 2. The van der Waals surface area contributed by atoms with E-state index in [0.29, 0.717) is 23.8 Å². The van der Waals surface area contributed by atoms with Crippen molar-refractivity contribution < 1.29 is 14.3 Å². The molecule has 0 spiro atoms. The highest BCUT2D eigenvalue weighted by Crippen LogP contribution is 2.39. The number of carbonyl (C=O) groups is 1. The molecule has 0 unspecified atom stereocenters. The van der Waals surface area contributed by atoms with Crippen LogP contribution in [0.5, 0.6) is 11.5 Å². The molecule has 2 heterocycles. The topological polar surface area (TPSA) is 54.9 Å². The number of hydrogen-bond acceptors (Lipinski definition) is 6. The van der Waals surface area contributed by atoms with E-state index >= 15 is 0 Å². The summed E-state index contributed by atoms with van der Waals surface area (Å²) in [6.45, 7) is 1.59. The van der Waals surface area contributed by atoms with Gasteiger partial charge < -0.3 is 14.4 Å². The first-order valence-corrected chi connectivity index (χ1v) is 9.61. The SMILES string of the molecule is CN(C)CCN(C(=O)Cc1ccccc1)c1nc2cc3c(cc2s1)OCO3.Cl. The Morgan fingerprint density at radius 1 is 1.11 bits per heavy atom. The van der Waals surface area contributed by atoms with Gasteiger partial charge in [0, 0.05) is 25.2 Å². The second-order valence-corrected chi connectivity index (χ2v) is 7.69. The number of aromatic nitrogens is 1. The molecule has 1 aromatic heterocycles. The third-order valence-electron chi connectivity index (χ3n) is 4.37. The molecule has 28 heavy (non-hydrogen) atoms. The third-order valence-corrected chi connectivity index (χ3v) is 5.41. The standard InChI is InChI=1S/C20H21N3O3S.ClH/c1-22(2)8-9-23(19(24)10-14-6-4-3-5-7-14)20-21-15-11-16-17(26-13-25-16)12-18(15)27-20;/h3-7,11-12H,8-10,13H2,1-2H3;1H. The van der Waals surface area contributed by atoms with Gasteiger partial charge in [0.05, 0.1) is 16.6 Å². The first-order valence-electron chi connectivity index (χ1n) is 8.79. The summed E-state index contributed by atoms with van der Waals surface area (Å²) in [6.07, 6.45) is 0.354. The van der Waals surface area contributed by atoms with Crippen LogP contribution >= 0.6 is 23.7 Å². The second kappa shape index (κ2) is 8.77. The molecule has 3 aromatic rings. The fraction of sp³-hybridized carbons (Fsp3) is 0.300. The minimum Gasteiger partial charge on any atom is -0.454 e. The number of ether oxygens (including phenoxy) is 2. The average molecular weight is 420 g/mol. The summed E-state index contributed by atoms with van der Waals surface area (Å²) >= 11 is 1.50. The van der Waals surface area contributed by atoms with Crippen LogP contribution in [0.25, 0.3) is 10.2 Å². The molecule has 0 N–H and O–H groups in total. The third kappa shape index (κ3) is 4.38. The molecule has 0 saturated carbocycles. The molecule has 0 radical (unpaired) electrons. The quantitative estimate of drug-likeness (QED) is 0.611. The lowest BCUT2D eigenvalue weighted by molar-refractivity contribution is -0.118. The Hall–Kier alpha value is -2.35. The molecule has 148 valence electrons. The van der Waals surface area contributed by atoms with Crippen LogP contribution in [0.15, 0.2) is 42.5 Å². The lowest BCUT2D eigenvalue weighted by atomic mass is 10.1. The predicted molar refractivity (Wildman–Crippen MR) is 114 cm³/mol. The molecule has 8 heteroatoms. The van der Waals surface area contributed by atoms with E-state index in [4.69, 9.17) is 14.5 Å². The van der Waals surface area contributed by atoms with Crippen molar-refractivity contribution in [2.45, 2.75) is 6.42 Å². The zero-order valence-corrected chi connectivity index (χ0v) is 17.4. The number of anilines is 1. The zero-order valence-electron chi connectivity index (χ0n) is 15.8. The van der Waals surface area contributed by atoms with E-state index in [-0.39, 0.29) is 25.1 Å². The number of amides is 1. The molecule has 4 rings (SSSR count). The highest BCUT2D eigenvalue weighted by Gasteiger charge is 2.22. The summed E-state index contributed by atoms with van der Waals surface area (Å²) in [7, 11) is 3.99. The summed E-state index contributed by atoms with van der Waals surface area (Å²) in [5, 5.41) is 0.705. The molecule has 0 bridgehead atoms. The molecule has 0 aliphatic carbocycles. The number of nitrogens with zero attached hydrogens (tertiary/aromatic N) is 3. The monoisotopic (exact) mass is 419 g/mol. The van der Waals surface area contributed by atoms with Crippen LogP contribution in [0.1, 0.15) is 5.56 Å². The summed E-state index contributed by atoms with van der Waals surface area (Å²) in [5.74, 6) is 1.48. The highest BCUT2D eigenvalue weighted by atomic mass is 35.5. The van der Waals surface area contributed by atoms with Crippen molar-refractivity contribution in [3.63, 3.8) is 0 Å². The van der Waals surface area contributed by atoms with Crippen molar-refractivity contribution in [2.24, 2.45) is 0 Å². The normalized spacial score (nSPS) is 12.2. The van der Waals surface area contributed by atoms with Crippen LogP contribution in [-0.2, 0) is 11.2 Å². The lowest BCUT2D eigenvalue weighted by Crippen LogP contribution is -2.37. The highest BCUT2D eigenvalue weighted by molar-refractivity contribution is 7.22. The first kappa shape index (κ1) is 20.4. The van der Waals surface area contributed by atoms with Crippen LogP contribution in [0.2, 0.25) is 0 Å². The molecule has 0 fully saturated rings. The van der Waals surface area contributed by atoms with Gasteiger partial charge in [0.15, 0.2) is 16.6 Å². The fourth-order valence-corrected chi connectivity index (χ4v) is 3.93. The molecule has 0 atom stereocenters. The maximum atomic E-state index is 13.0. The lowest BCUT2D eigenvalue weighted by Gasteiger charge is -2.22. The van der Waals surface area contributed by atoms with Crippen molar-refractivity contribution in [3.05, 3.63) is 48.0 Å². The summed E-state index contributed by atoms with van der Waals surface area (Å²) in [6, 6.07) is 13.6. The van der Waals surface area contributed by atoms with E-state index in [9.17, 15) is 4.79 Å². The van der Waals surface area contributed by atoms with Crippen LogP contribution in [0.3, 0.4) is 0 Å². The van der Waals surface area contributed by atoms with Gasteiger partial charge in [-0.05, 0) is 19.7 Å². The van der Waals surface area contributed by atoms with E-state index < -0.39 is 0 Å². The molecule has 2 aromatic carbocycles. The Morgan fingerprint density at radius 3 is 2.54 bits per heavy atom. The minimum absolute atomic E-state index is 0. The maximum Gasteiger partial charge on any atom is 0.233 e. The van der Waals surface area contributed by atoms with Gasteiger partial charge in [-0.2, -0.15) is 0 Å². The van der Waals surface area contributed by atoms with Crippen LogP contribution in [-0.4, -0.2) is 49.8 Å². The molecule has 1 amide bonds. The molecular formula is C20H22ClN3O3S. The van der Waals surface area contributed by atoms with Gasteiger partial charge in [0.2, 0.25) is 12.7 Å². The Bertz CT molecular complexity index is 921. The smallest absolute Gasteiger partial charge is 0.233 e. The van der Waals surface area contributed by atoms with Crippen molar-refractivity contribution >= 4 is 45.0 Å². The van der Waals surface area contributed by atoms with Gasteiger partial charge in [-0.25, -0.2) is 4.98 Å². The Labute approximate surface area is 174 Å². The number of halogens is 1. The van der Waals surface area contributed by atoms with E-state index in [1.54, 1.807) is 4.90 Å². The molecule has 1 aliphatic rings. The Morgan fingerprint density at radius 2 is 1.82 bits per heavy atom. The number of hydrogen-bond donors (Lipinski definition) is 0. The van der Waals surface area contributed by atoms with Crippen molar-refractivity contribution in [1.82, 2.24) is 9.88 Å². The number of likely N-dealkylation sites (N-methyl/N-ethyl adjacent to an activating group) is 1. The number of carbonyl (C=O) groups excluding carboxylic acids is 1. The number of rotatable bonds is 6. The fourth-order valence-electron chi connectivity index (χ4n) is 2.91. The summed E-state index contributed by atoms with van der Waals surface area (Å²) in [5.41, 5.74) is 1.82. The average Bonchev–Trinajstić information content (AvgIpc) is 3.26. The molecule has 1 aliphatic heterocycles. The van der Waals surface area contributed by atoms with Gasteiger partial charge in [0.1, 0.15) is 0 Å². The molecule has 6 nitrogen and oxygen atoms in total. The Kier molecular flexibility index (Phi) is 6.39. The van der Waals surface area contributed by atoms with Gasteiger partial charge >= 0.3 is 0 Å². The van der Waals surface area contributed by atoms with Gasteiger partial charge in [-0.1, -0.05) is 41.7 Å². The summed E-state index contributed by atoms with van der Waals surface area (Å²) in [4.78, 5) is 21.6. The van der Waals surface area contributed by atoms with Crippen molar-refractivity contribution in [3.8, 4) is 11.5 Å². The van der Waals surface area contributed by atoms with E-state index in [1.807, 2.05) is 56.6 Å². The van der Waals surface area contributed by atoms with Crippen LogP contribution in [0.4, 0.5) is 5.13 Å². The van der Waals surface area contributed by atoms with Crippen molar-refractivity contribution in [2.75, 3.05) is 38.9 Å². The Balaban J connectivity index is 0.00000225. The number of thiazole rings is 1. The molecular weight excluding hydrogens is 398 g/mol. The van der Waals surface area contributed by atoms with Gasteiger partial charge in [-0.3, -0.25) is 9.69 Å². The van der Waals surface area contributed by atoms with E-state index in [0.717, 1.165) is 28.1 Å². The van der Waals surface area contributed by atoms with Gasteiger partial charge in [-0.15, -0.1) is 12.4 Å². The maximum absolute atomic E-state index is 13.0. The van der Waals surface area contributed by atoms with E-state index in [1.165, 1.54) is 11.3 Å². The summed E-state index contributed by atoms with van der Waals surface area (Å²) < 4.78 is 11.9. The predicted octanol–water partition coefficient (Wildman–Crippen LogP) is 3.58. The van der Waals surface area contributed by atoms with Crippen LogP contribution < -0.4 is 14.4 Å². The second-order valence-electron chi connectivity index (χ2n) is 6.68. The van der Waals surface area contributed by atoms with Crippen molar-refractivity contribution in [1.29, 1.82) is 0 Å². The van der Waals surface area contributed by atoms with Crippen LogP contribution in [0, 0.1) is 0 Å². The number of benzene rings is 2. The minimum atomic E-state index is 0.